The number of amides is 1. The third kappa shape index (κ3) is 4.29. The van der Waals surface area contributed by atoms with Crippen LogP contribution in [0.4, 0.5) is 11.5 Å². The summed E-state index contributed by atoms with van der Waals surface area (Å²) in [7, 11) is 0. The van der Waals surface area contributed by atoms with Gasteiger partial charge in [-0.1, -0.05) is 38.1 Å². The van der Waals surface area contributed by atoms with Crippen LogP contribution in [-0.4, -0.2) is 48.5 Å². The molecule has 1 saturated heterocycles. The molecule has 0 unspecified atom stereocenters. The molecule has 0 saturated carbocycles. The second kappa shape index (κ2) is 8.01. The normalized spacial score (nSPS) is 14.7. The van der Waals surface area contributed by atoms with Gasteiger partial charge in [0.25, 0.3) is 0 Å². The smallest absolute Gasteiger partial charge is 0.241 e. The summed E-state index contributed by atoms with van der Waals surface area (Å²) in [6.45, 7) is 7.80. The summed E-state index contributed by atoms with van der Waals surface area (Å²) in [4.78, 5) is 21.1. The van der Waals surface area contributed by atoms with Gasteiger partial charge < -0.3 is 15.1 Å². The fourth-order valence-corrected chi connectivity index (χ4v) is 3.17. The third-order valence-electron chi connectivity index (χ3n) is 4.62. The molecular weight excluding hydrogens is 312 g/mol. The first-order chi connectivity index (χ1) is 12.1. The topological polar surface area (TPSA) is 48.5 Å². The van der Waals surface area contributed by atoms with E-state index < -0.39 is 0 Å². The van der Waals surface area contributed by atoms with E-state index in [1.807, 2.05) is 47.5 Å². The first-order valence-electron chi connectivity index (χ1n) is 8.91. The molecule has 0 bridgehead atoms. The minimum atomic E-state index is 0.152. The number of carbonyl (C=O) groups is 1. The standard InChI is InChI=1S/C20H26N4O/c1-16(2)17-7-3-4-8-18(17)22-15-20(25)24-13-11-23(12-14-24)19-9-5-6-10-21-19/h3-10,16,22H,11-15H2,1-2H3. The maximum absolute atomic E-state index is 12.5. The lowest BCUT2D eigenvalue weighted by atomic mass is 10.0. The summed E-state index contributed by atoms with van der Waals surface area (Å²) >= 11 is 0. The van der Waals surface area contributed by atoms with Crippen molar-refractivity contribution < 1.29 is 4.79 Å². The van der Waals surface area contributed by atoms with E-state index in [-0.39, 0.29) is 5.91 Å². The number of hydrogen-bond acceptors (Lipinski definition) is 4. The Labute approximate surface area is 149 Å². The first-order valence-corrected chi connectivity index (χ1v) is 8.91. The molecule has 1 aliphatic heterocycles. The van der Waals surface area contributed by atoms with Crippen molar-refractivity contribution in [1.29, 1.82) is 0 Å². The molecule has 2 aromatic rings. The molecule has 1 fully saturated rings. The van der Waals surface area contributed by atoms with Crippen LogP contribution in [0, 0.1) is 0 Å². The van der Waals surface area contributed by atoms with Crippen LogP contribution in [0.5, 0.6) is 0 Å². The van der Waals surface area contributed by atoms with Crippen molar-refractivity contribution in [3.05, 3.63) is 54.2 Å². The molecular formula is C20H26N4O. The number of pyridine rings is 1. The van der Waals surface area contributed by atoms with Gasteiger partial charge in [-0.25, -0.2) is 4.98 Å². The quantitative estimate of drug-likeness (QED) is 0.910. The number of hydrogen-bond donors (Lipinski definition) is 1. The van der Waals surface area contributed by atoms with Crippen LogP contribution >= 0.6 is 0 Å². The fraction of sp³-hybridized carbons (Fsp3) is 0.400. The molecule has 0 aliphatic carbocycles. The van der Waals surface area contributed by atoms with Crippen LogP contribution in [0.25, 0.3) is 0 Å². The summed E-state index contributed by atoms with van der Waals surface area (Å²) in [5.41, 5.74) is 2.30. The Bertz CT molecular complexity index is 694. The molecule has 2 heterocycles. The average molecular weight is 338 g/mol. The zero-order chi connectivity index (χ0) is 17.6. The highest BCUT2D eigenvalue weighted by Gasteiger charge is 2.21. The summed E-state index contributed by atoms with van der Waals surface area (Å²) in [6, 6.07) is 14.1. The van der Waals surface area contributed by atoms with Gasteiger partial charge in [0.1, 0.15) is 5.82 Å². The van der Waals surface area contributed by atoms with Gasteiger partial charge in [0.15, 0.2) is 0 Å². The van der Waals surface area contributed by atoms with Crippen LogP contribution in [0.2, 0.25) is 0 Å². The zero-order valence-corrected chi connectivity index (χ0v) is 15.0. The molecule has 25 heavy (non-hydrogen) atoms. The van der Waals surface area contributed by atoms with Crippen LogP contribution in [0.1, 0.15) is 25.3 Å². The van der Waals surface area contributed by atoms with Crippen LogP contribution in [0.15, 0.2) is 48.7 Å². The van der Waals surface area contributed by atoms with Gasteiger partial charge in [-0.15, -0.1) is 0 Å². The number of piperazine rings is 1. The van der Waals surface area contributed by atoms with E-state index >= 15 is 0 Å². The number of para-hydroxylation sites is 1. The molecule has 1 N–H and O–H groups in total. The number of benzene rings is 1. The number of nitrogens with zero attached hydrogens (tertiary/aromatic N) is 3. The minimum Gasteiger partial charge on any atom is -0.376 e. The number of carbonyl (C=O) groups excluding carboxylic acids is 1. The summed E-state index contributed by atoms with van der Waals surface area (Å²) < 4.78 is 0. The van der Waals surface area contributed by atoms with Crippen molar-refractivity contribution in [2.45, 2.75) is 19.8 Å². The van der Waals surface area contributed by atoms with Crippen LogP contribution in [0.3, 0.4) is 0 Å². The predicted octanol–water partition coefficient (Wildman–Crippen LogP) is 2.97. The van der Waals surface area contributed by atoms with Gasteiger partial charge in [0.2, 0.25) is 5.91 Å². The van der Waals surface area contributed by atoms with Gasteiger partial charge in [0.05, 0.1) is 6.54 Å². The van der Waals surface area contributed by atoms with Crippen LogP contribution < -0.4 is 10.2 Å². The molecule has 1 aliphatic rings. The molecule has 1 aromatic carbocycles. The predicted molar refractivity (Wildman–Crippen MR) is 102 cm³/mol. The van der Waals surface area contributed by atoms with Gasteiger partial charge >= 0.3 is 0 Å². The Morgan fingerprint density at radius 3 is 2.48 bits per heavy atom. The highest BCUT2D eigenvalue weighted by molar-refractivity contribution is 5.81. The van der Waals surface area contributed by atoms with Gasteiger partial charge in [-0.2, -0.15) is 0 Å². The fourth-order valence-electron chi connectivity index (χ4n) is 3.17. The average Bonchev–Trinajstić information content (AvgIpc) is 2.67. The van der Waals surface area contributed by atoms with Gasteiger partial charge in [-0.3, -0.25) is 4.79 Å². The second-order valence-corrected chi connectivity index (χ2v) is 6.65. The third-order valence-corrected chi connectivity index (χ3v) is 4.62. The Morgan fingerprint density at radius 2 is 1.80 bits per heavy atom. The highest BCUT2D eigenvalue weighted by Crippen LogP contribution is 2.23. The van der Waals surface area contributed by atoms with Crippen LogP contribution in [-0.2, 0) is 4.79 Å². The number of rotatable bonds is 5. The van der Waals surface area contributed by atoms with Crippen molar-refractivity contribution in [3.8, 4) is 0 Å². The zero-order valence-electron chi connectivity index (χ0n) is 15.0. The molecule has 0 spiro atoms. The molecule has 132 valence electrons. The second-order valence-electron chi connectivity index (χ2n) is 6.65. The van der Waals surface area contributed by atoms with Crippen molar-refractivity contribution in [2.75, 3.05) is 42.9 Å². The number of nitrogens with one attached hydrogen (secondary N) is 1. The van der Waals surface area contributed by atoms with E-state index in [2.05, 4.69) is 35.1 Å². The monoisotopic (exact) mass is 338 g/mol. The maximum atomic E-state index is 12.5. The molecule has 0 atom stereocenters. The SMILES string of the molecule is CC(C)c1ccccc1NCC(=O)N1CCN(c2ccccn2)CC1. The lowest BCUT2D eigenvalue weighted by Crippen LogP contribution is -2.50. The van der Waals surface area contributed by atoms with E-state index in [0.29, 0.717) is 12.5 Å². The molecule has 5 nitrogen and oxygen atoms in total. The van der Waals surface area contributed by atoms with Gasteiger partial charge in [-0.05, 0) is 29.7 Å². The lowest BCUT2D eigenvalue weighted by molar-refractivity contribution is -0.129. The summed E-state index contributed by atoms with van der Waals surface area (Å²) in [5.74, 6) is 1.57. The molecule has 1 aromatic heterocycles. The lowest BCUT2D eigenvalue weighted by Gasteiger charge is -2.35. The maximum Gasteiger partial charge on any atom is 0.241 e. The van der Waals surface area contributed by atoms with Crippen molar-refractivity contribution in [2.24, 2.45) is 0 Å². The van der Waals surface area contributed by atoms with Gasteiger partial charge in [0, 0.05) is 38.1 Å². The molecule has 5 heteroatoms. The van der Waals surface area contributed by atoms with E-state index in [0.717, 1.165) is 37.7 Å². The summed E-state index contributed by atoms with van der Waals surface area (Å²) in [6.07, 6.45) is 1.81. The van der Waals surface area contributed by atoms with Crippen molar-refractivity contribution in [3.63, 3.8) is 0 Å². The van der Waals surface area contributed by atoms with E-state index in [4.69, 9.17) is 0 Å². The molecule has 1 amide bonds. The highest BCUT2D eigenvalue weighted by atomic mass is 16.2. The Kier molecular flexibility index (Phi) is 5.53. The van der Waals surface area contributed by atoms with E-state index in [1.165, 1.54) is 5.56 Å². The largest absolute Gasteiger partial charge is 0.376 e. The number of aromatic nitrogens is 1. The summed E-state index contributed by atoms with van der Waals surface area (Å²) in [5, 5.41) is 3.32. The van der Waals surface area contributed by atoms with E-state index in [9.17, 15) is 4.79 Å². The molecule has 3 rings (SSSR count). The Balaban J connectivity index is 1.52. The first kappa shape index (κ1) is 17.3. The molecule has 0 radical (unpaired) electrons. The van der Waals surface area contributed by atoms with E-state index in [1.54, 1.807) is 0 Å². The van der Waals surface area contributed by atoms with Crippen molar-refractivity contribution >= 4 is 17.4 Å². The Morgan fingerprint density at radius 1 is 1.08 bits per heavy atom. The minimum absolute atomic E-state index is 0.152. The van der Waals surface area contributed by atoms with Crippen molar-refractivity contribution in [1.82, 2.24) is 9.88 Å². The Hall–Kier alpha value is -2.56. The number of anilines is 2.